The molecule has 2 heterocycles. The summed E-state index contributed by atoms with van der Waals surface area (Å²) in [6.07, 6.45) is 4.37. The van der Waals surface area contributed by atoms with E-state index in [1.165, 1.54) is 5.56 Å². The maximum Gasteiger partial charge on any atom is 0.277 e. The molecule has 0 aliphatic rings. The van der Waals surface area contributed by atoms with Crippen LogP contribution in [0.4, 0.5) is 5.69 Å². The van der Waals surface area contributed by atoms with Crippen molar-refractivity contribution in [2.75, 3.05) is 12.4 Å². The summed E-state index contributed by atoms with van der Waals surface area (Å²) < 4.78 is 9.94. The van der Waals surface area contributed by atoms with Gasteiger partial charge in [0.2, 0.25) is 0 Å². The molecule has 0 bridgehead atoms. The zero-order valence-corrected chi connectivity index (χ0v) is 13.2. The Morgan fingerprint density at radius 2 is 1.83 bits per heavy atom. The van der Waals surface area contributed by atoms with E-state index in [0.29, 0.717) is 11.4 Å². The van der Waals surface area contributed by atoms with Crippen molar-refractivity contribution in [2.24, 2.45) is 0 Å². The van der Waals surface area contributed by atoms with Crippen molar-refractivity contribution in [3.8, 4) is 0 Å². The number of amides is 1. The first-order valence-corrected chi connectivity index (χ1v) is 7.48. The lowest BCUT2D eigenvalue weighted by Crippen LogP contribution is -2.12. The van der Waals surface area contributed by atoms with Gasteiger partial charge in [0, 0.05) is 31.3 Å². The summed E-state index contributed by atoms with van der Waals surface area (Å²) in [7, 11) is 1.55. The molecule has 0 spiro atoms. The molecule has 6 nitrogen and oxygen atoms in total. The van der Waals surface area contributed by atoms with Crippen LogP contribution >= 0.6 is 0 Å². The van der Waals surface area contributed by atoms with E-state index in [4.69, 9.17) is 9.26 Å². The van der Waals surface area contributed by atoms with Gasteiger partial charge in [-0.1, -0.05) is 17.3 Å². The second-order valence-corrected chi connectivity index (χ2v) is 5.29. The van der Waals surface area contributed by atoms with E-state index in [2.05, 4.69) is 15.5 Å². The highest BCUT2D eigenvalue weighted by Gasteiger charge is 2.12. The van der Waals surface area contributed by atoms with Gasteiger partial charge in [-0.2, -0.15) is 0 Å². The molecule has 3 aromatic rings. The Labute approximate surface area is 139 Å². The van der Waals surface area contributed by atoms with Crippen molar-refractivity contribution in [2.45, 2.75) is 13.0 Å². The first kappa shape index (κ1) is 15.9. The van der Waals surface area contributed by atoms with E-state index >= 15 is 0 Å². The molecule has 1 N–H and O–H groups in total. The van der Waals surface area contributed by atoms with E-state index < -0.39 is 0 Å². The Kier molecular flexibility index (Phi) is 4.98. The number of nitrogens with zero attached hydrogens (tertiary/aromatic N) is 2. The van der Waals surface area contributed by atoms with Gasteiger partial charge in [0.05, 0.1) is 0 Å². The average Bonchev–Trinajstić information content (AvgIpc) is 3.07. The van der Waals surface area contributed by atoms with Crippen LogP contribution in [0.15, 0.2) is 59.4 Å². The van der Waals surface area contributed by atoms with E-state index in [1.807, 2.05) is 36.4 Å². The topological polar surface area (TPSA) is 77.2 Å². The smallest absolute Gasteiger partial charge is 0.277 e. The summed E-state index contributed by atoms with van der Waals surface area (Å²) in [4.78, 5) is 16.1. The number of aromatic nitrogens is 2. The number of hydrogen-bond donors (Lipinski definition) is 1. The highest BCUT2D eigenvalue weighted by Crippen LogP contribution is 2.14. The molecule has 0 saturated heterocycles. The first-order valence-electron chi connectivity index (χ1n) is 7.48. The van der Waals surface area contributed by atoms with Crippen LogP contribution in [-0.4, -0.2) is 23.2 Å². The van der Waals surface area contributed by atoms with Gasteiger partial charge >= 0.3 is 0 Å². The molecular weight excluding hydrogens is 306 g/mol. The third kappa shape index (κ3) is 4.05. The Morgan fingerprint density at radius 1 is 1.12 bits per heavy atom. The van der Waals surface area contributed by atoms with Crippen molar-refractivity contribution < 1.29 is 14.1 Å². The van der Waals surface area contributed by atoms with Gasteiger partial charge < -0.3 is 14.6 Å². The lowest BCUT2D eigenvalue weighted by molar-refractivity contribution is 0.101. The predicted molar refractivity (Wildman–Crippen MR) is 88.7 cm³/mol. The fourth-order valence-corrected chi connectivity index (χ4v) is 2.27. The second kappa shape index (κ2) is 7.52. The molecule has 0 saturated carbocycles. The molecule has 0 atom stereocenters. The minimum absolute atomic E-state index is 0.225. The van der Waals surface area contributed by atoms with Gasteiger partial charge in [-0.25, -0.2) is 0 Å². The maximum absolute atomic E-state index is 12.1. The van der Waals surface area contributed by atoms with Gasteiger partial charge in [0.1, 0.15) is 6.61 Å². The number of rotatable bonds is 6. The number of carbonyl (C=O) groups excluding carboxylic acids is 1. The van der Waals surface area contributed by atoms with Gasteiger partial charge in [-0.05, 0) is 41.8 Å². The third-order valence-corrected chi connectivity index (χ3v) is 3.45. The molecule has 6 heteroatoms. The summed E-state index contributed by atoms with van der Waals surface area (Å²) in [6, 6.07) is 13.2. The number of nitrogens with one attached hydrogen (secondary N) is 1. The van der Waals surface area contributed by atoms with Crippen LogP contribution in [0, 0.1) is 0 Å². The predicted octanol–water partition coefficient (Wildman–Crippen LogP) is 3.06. The van der Waals surface area contributed by atoms with Gasteiger partial charge in [0.25, 0.3) is 5.91 Å². The van der Waals surface area contributed by atoms with Crippen LogP contribution in [0.1, 0.15) is 27.4 Å². The first-order chi connectivity index (χ1) is 11.7. The van der Waals surface area contributed by atoms with Crippen LogP contribution < -0.4 is 5.32 Å². The van der Waals surface area contributed by atoms with Crippen LogP contribution in [0.25, 0.3) is 0 Å². The molecule has 3 rings (SSSR count). The molecule has 24 heavy (non-hydrogen) atoms. The molecule has 0 radical (unpaired) electrons. The number of methoxy groups -OCH3 is 1. The molecule has 1 aromatic carbocycles. The van der Waals surface area contributed by atoms with Crippen molar-refractivity contribution in [1.29, 1.82) is 0 Å². The number of carbonyl (C=O) groups is 1. The molecule has 0 aliphatic carbocycles. The van der Waals surface area contributed by atoms with Gasteiger partial charge in [-0.15, -0.1) is 0 Å². The van der Waals surface area contributed by atoms with E-state index in [1.54, 1.807) is 25.6 Å². The zero-order valence-electron chi connectivity index (χ0n) is 13.2. The zero-order chi connectivity index (χ0) is 16.8. The minimum Gasteiger partial charge on any atom is -0.377 e. The summed E-state index contributed by atoms with van der Waals surface area (Å²) in [5.74, 6) is 0.193. The normalized spacial score (nSPS) is 10.5. The monoisotopic (exact) mass is 323 g/mol. The van der Waals surface area contributed by atoms with E-state index in [0.717, 1.165) is 12.0 Å². The number of hydrogen-bond acceptors (Lipinski definition) is 5. The lowest BCUT2D eigenvalue weighted by atomic mass is 10.1. The Balaban J connectivity index is 1.62. The van der Waals surface area contributed by atoms with Crippen molar-refractivity contribution >= 4 is 11.6 Å². The molecule has 1 amide bonds. The van der Waals surface area contributed by atoms with Crippen molar-refractivity contribution in [3.05, 3.63) is 77.4 Å². The number of benzene rings is 1. The fraction of sp³-hybridized carbons (Fsp3) is 0.167. The largest absolute Gasteiger partial charge is 0.377 e. The summed E-state index contributed by atoms with van der Waals surface area (Å²) in [6.45, 7) is 0.282. The van der Waals surface area contributed by atoms with E-state index in [9.17, 15) is 4.79 Å². The third-order valence-electron chi connectivity index (χ3n) is 3.45. The average molecular weight is 323 g/mol. The molecular formula is C18H17N3O3. The van der Waals surface area contributed by atoms with Crippen molar-refractivity contribution in [1.82, 2.24) is 10.1 Å². The van der Waals surface area contributed by atoms with Crippen LogP contribution in [0.2, 0.25) is 0 Å². The standard InChI is InChI=1S/C18H17N3O3/c1-23-12-16-11-17(21-24-16)18(22)20-15-4-2-13(3-5-15)10-14-6-8-19-9-7-14/h2-9,11H,10,12H2,1H3,(H,20,22). The van der Waals surface area contributed by atoms with Crippen molar-refractivity contribution in [3.63, 3.8) is 0 Å². The molecule has 122 valence electrons. The Morgan fingerprint density at radius 3 is 2.54 bits per heavy atom. The number of pyridine rings is 1. The van der Waals surface area contributed by atoms with Gasteiger partial charge in [-0.3, -0.25) is 9.78 Å². The molecule has 2 aromatic heterocycles. The van der Waals surface area contributed by atoms with Crippen LogP contribution in [0.5, 0.6) is 0 Å². The molecule has 0 fully saturated rings. The van der Waals surface area contributed by atoms with Gasteiger partial charge in [0.15, 0.2) is 11.5 Å². The maximum atomic E-state index is 12.1. The lowest BCUT2D eigenvalue weighted by Gasteiger charge is -2.05. The molecule has 0 aliphatic heterocycles. The highest BCUT2D eigenvalue weighted by molar-refractivity contribution is 6.02. The fourth-order valence-electron chi connectivity index (χ4n) is 2.27. The quantitative estimate of drug-likeness (QED) is 0.754. The molecule has 0 unspecified atom stereocenters. The minimum atomic E-state index is -0.317. The highest BCUT2D eigenvalue weighted by atomic mass is 16.5. The number of anilines is 1. The second-order valence-electron chi connectivity index (χ2n) is 5.29. The summed E-state index contributed by atoms with van der Waals surface area (Å²) >= 11 is 0. The Bertz CT molecular complexity index is 798. The van der Waals surface area contributed by atoms with Crippen LogP contribution in [-0.2, 0) is 17.8 Å². The summed E-state index contributed by atoms with van der Waals surface area (Å²) in [5.41, 5.74) is 3.27. The summed E-state index contributed by atoms with van der Waals surface area (Å²) in [5, 5.41) is 6.52. The Hall–Kier alpha value is -2.99. The van der Waals surface area contributed by atoms with Crippen LogP contribution in [0.3, 0.4) is 0 Å². The number of ether oxygens (including phenoxy) is 1. The SMILES string of the molecule is COCc1cc(C(=O)Nc2ccc(Cc3ccncc3)cc2)no1. The van der Waals surface area contributed by atoms with E-state index in [-0.39, 0.29) is 18.2 Å².